The van der Waals surface area contributed by atoms with Gasteiger partial charge in [-0.25, -0.2) is 14.8 Å². The van der Waals surface area contributed by atoms with Crippen molar-refractivity contribution in [1.29, 1.82) is 0 Å². The molecule has 3 aromatic heterocycles. The smallest absolute Gasteiger partial charge is 0.337 e. The molecule has 1 N–H and O–H groups in total. The number of piperazine rings is 1. The molecule has 0 amide bonds. The first-order chi connectivity index (χ1) is 18.2. The molecule has 2 aliphatic rings. The number of carbonyl (C=O) groups is 1. The number of aromatic nitrogens is 4. The van der Waals surface area contributed by atoms with Gasteiger partial charge in [0.15, 0.2) is 0 Å². The van der Waals surface area contributed by atoms with Crippen LogP contribution in [0.2, 0.25) is 0 Å². The second-order valence-corrected chi connectivity index (χ2v) is 10.9. The number of pyridine rings is 2. The van der Waals surface area contributed by atoms with Gasteiger partial charge in [0, 0.05) is 68.0 Å². The number of anilines is 3. The summed E-state index contributed by atoms with van der Waals surface area (Å²) in [5.41, 5.74) is 4.12. The molecule has 9 heteroatoms. The van der Waals surface area contributed by atoms with Gasteiger partial charge in [0.05, 0.1) is 11.3 Å². The van der Waals surface area contributed by atoms with E-state index in [-0.39, 0.29) is 11.6 Å². The highest BCUT2D eigenvalue weighted by Gasteiger charge is 2.29. The number of rotatable bonds is 6. The summed E-state index contributed by atoms with van der Waals surface area (Å²) in [6.45, 7) is 14.0. The molecule has 2 aliphatic heterocycles. The minimum atomic E-state index is -0.956. The van der Waals surface area contributed by atoms with Crippen LogP contribution in [0.1, 0.15) is 68.1 Å². The lowest BCUT2D eigenvalue weighted by atomic mass is 10.1. The summed E-state index contributed by atoms with van der Waals surface area (Å²) >= 11 is 0. The van der Waals surface area contributed by atoms with E-state index in [9.17, 15) is 9.90 Å². The lowest BCUT2D eigenvalue weighted by Crippen LogP contribution is -2.53. The van der Waals surface area contributed by atoms with Crippen molar-refractivity contribution in [2.45, 2.75) is 65.5 Å². The van der Waals surface area contributed by atoms with E-state index in [0.29, 0.717) is 12.0 Å². The number of aryl methyl sites for hydroxylation is 1. The molecule has 0 aromatic carbocycles. The van der Waals surface area contributed by atoms with E-state index in [1.165, 1.54) is 6.20 Å². The van der Waals surface area contributed by atoms with E-state index in [1.807, 2.05) is 19.2 Å². The molecule has 2 atom stereocenters. The number of hydrogen-bond donors (Lipinski definition) is 1. The lowest BCUT2D eigenvalue weighted by molar-refractivity contribution is 0.0696. The average molecular weight is 516 g/mol. The third-order valence-corrected chi connectivity index (χ3v) is 7.70. The Morgan fingerprint density at radius 3 is 2.50 bits per heavy atom. The average Bonchev–Trinajstić information content (AvgIpc) is 3.34. The first-order valence-corrected chi connectivity index (χ1v) is 13.5. The molecule has 38 heavy (non-hydrogen) atoms. The summed E-state index contributed by atoms with van der Waals surface area (Å²) in [6.07, 6.45) is 5.62. The van der Waals surface area contributed by atoms with Gasteiger partial charge < -0.3 is 19.8 Å². The summed E-state index contributed by atoms with van der Waals surface area (Å²) in [7, 11) is 0. The van der Waals surface area contributed by atoms with E-state index < -0.39 is 5.97 Å². The van der Waals surface area contributed by atoms with Gasteiger partial charge in [0.25, 0.3) is 0 Å². The number of carboxylic acid groups (broad SMARTS) is 1. The van der Waals surface area contributed by atoms with Crippen LogP contribution >= 0.6 is 0 Å². The zero-order valence-corrected chi connectivity index (χ0v) is 22.9. The van der Waals surface area contributed by atoms with Crippen molar-refractivity contribution in [3.05, 3.63) is 53.5 Å². The highest BCUT2D eigenvalue weighted by molar-refractivity contribution is 5.87. The van der Waals surface area contributed by atoms with Crippen molar-refractivity contribution in [2.75, 3.05) is 40.9 Å². The van der Waals surface area contributed by atoms with Crippen LogP contribution in [0.25, 0.3) is 11.3 Å². The van der Waals surface area contributed by atoms with Gasteiger partial charge >= 0.3 is 5.97 Å². The Morgan fingerprint density at radius 2 is 1.84 bits per heavy atom. The Morgan fingerprint density at radius 1 is 1.03 bits per heavy atom. The molecule has 200 valence electrons. The van der Waals surface area contributed by atoms with Crippen LogP contribution in [0.5, 0.6) is 0 Å². The third kappa shape index (κ3) is 5.14. The minimum absolute atomic E-state index is 0.180. The zero-order chi connectivity index (χ0) is 27.0. The van der Waals surface area contributed by atoms with Crippen LogP contribution in [0.4, 0.5) is 17.6 Å². The van der Waals surface area contributed by atoms with Gasteiger partial charge in [-0.1, -0.05) is 13.8 Å². The maximum atomic E-state index is 11.3. The fraction of sp³-hybridized carbons (Fsp3) is 0.483. The van der Waals surface area contributed by atoms with Crippen molar-refractivity contribution in [1.82, 2.24) is 19.9 Å². The number of aromatic carboxylic acids is 1. The maximum absolute atomic E-state index is 11.3. The molecule has 5 heterocycles. The van der Waals surface area contributed by atoms with Crippen molar-refractivity contribution in [3.63, 3.8) is 0 Å². The Balaban J connectivity index is 1.46. The predicted molar refractivity (Wildman–Crippen MR) is 150 cm³/mol. The fourth-order valence-corrected chi connectivity index (χ4v) is 5.51. The predicted octanol–water partition coefficient (Wildman–Crippen LogP) is 4.77. The number of carboxylic acids is 1. The summed E-state index contributed by atoms with van der Waals surface area (Å²) in [4.78, 5) is 37.5. The second-order valence-electron chi connectivity index (χ2n) is 10.9. The normalized spacial score (nSPS) is 19.9. The van der Waals surface area contributed by atoms with E-state index >= 15 is 0 Å². The molecule has 0 radical (unpaired) electrons. The van der Waals surface area contributed by atoms with Gasteiger partial charge in [-0.15, -0.1) is 0 Å². The van der Waals surface area contributed by atoms with Crippen LogP contribution in [-0.2, 0) is 0 Å². The van der Waals surface area contributed by atoms with Crippen molar-refractivity contribution in [3.8, 4) is 11.3 Å². The van der Waals surface area contributed by atoms with E-state index in [2.05, 4.69) is 64.5 Å². The standard InChI is InChI=1S/C29H37N7O2/c1-18(2)24-14-22(8-9-30-24)25-15-26(33-29(32-25)36-10-6-7-20(36)4)35-12-11-34(17-21(35)5)27-19(3)13-23(16-31-27)28(37)38/h8-9,13-16,18,20-21H,6-7,10-12,17H2,1-5H3,(H,37,38). The largest absolute Gasteiger partial charge is 0.478 e. The first-order valence-electron chi connectivity index (χ1n) is 13.5. The van der Waals surface area contributed by atoms with Gasteiger partial charge in [0.1, 0.15) is 11.6 Å². The summed E-state index contributed by atoms with van der Waals surface area (Å²) in [5.74, 6) is 1.95. The van der Waals surface area contributed by atoms with Gasteiger partial charge in [-0.2, -0.15) is 4.98 Å². The molecule has 2 unspecified atom stereocenters. The minimum Gasteiger partial charge on any atom is -0.478 e. The third-order valence-electron chi connectivity index (χ3n) is 7.70. The number of nitrogens with zero attached hydrogens (tertiary/aromatic N) is 7. The van der Waals surface area contributed by atoms with Crippen molar-refractivity contribution >= 4 is 23.6 Å². The topological polar surface area (TPSA) is 98.6 Å². The molecule has 3 aromatic rings. The highest BCUT2D eigenvalue weighted by atomic mass is 16.4. The Kier molecular flexibility index (Phi) is 7.19. The van der Waals surface area contributed by atoms with E-state index in [1.54, 1.807) is 6.07 Å². The first kappa shape index (κ1) is 25.9. The molecular formula is C29H37N7O2. The Hall–Kier alpha value is -3.75. The Bertz CT molecular complexity index is 1330. The molecule has 9 nitrogen and oxygen atoms in total. The number of hydrogen-bond acceptors (Lipinski definition) is 8. The Labute approximate surface area is 224 Å². The molecule has 2 fully saturated rings. The highest BCUT2D eigenvalue weighted by Crippen LogP contribution is 2.32. The SMILES string of the molecule is Cc1cc(C(=O)O)cnc1N1CCN(c2cc(-c3ccnc(C(C)C)c3)nc(N3CCCC3C)n2)C(C)C1. The fourth-order valence-electron chi connectivity index (χ4n) is 5.51. The van der Waals surface area contributed by atoms with Crippen LogP contribution in [0.3, 0.4) is 0 Å². The quantitative estimate of drug-likeness (QED) is 0.498. The van der Waals surface area contributed by atoms with Crippen LogP contribution < -0.4 is 14.7 Å². The van der Waals surface area contributed by atoms with Crippen molar-refractivity contribution < 1.29 is 9.90 Å². The zero-order valence-electron chi connectivity index (χ0n) is 22.9. The molecular weight excluding hydrogens is 478 g/mol. The molecule has 0 spiro atoms. The monoisotopic (exact) mass is 515 g/mol. The molecule has 5 rings (SSSR count). The van der Waals surface area contributed by atoms with Gasteiger partial charge in [-0.3, -0.25) is 4.98 Å². The van der Waals surface area contributed by atoms with Gasteiger partial charge in [-0.05, 0) is 63.3 Å². The second kappa shape index (κ2) is 10.6. The summed E-state index contributed by atoms with van der Waals surface area (Å²) < 4.78 is 0. The summed E-state index contributed by atoms with van der Waals surface area (Å²) in [5, 5.41) is 9.30. The van der Waals surface area contributed by atoms with Gasteiger partial charge in [0.2, 0.25) is 5.95 Å². The van der Waals surface area contributed by atoms with E-state index in [4.69, 9.17) is 9.97 Å². The molecule has 0 bridgehead atoms. The van der Waals surface area contributed by atoms with Crippen molar-refractivity contribution in [2.24, 2.45) is 0 Å². The van der Waals surface area contributed by atoms with Crippen LogP contribution in [0.15, 0.2) is 36.7 Å². The lowest BCUT2D eigenvalue weighted by Gasteiger charge is -2.41. The van der Waals surface area contributed by atoms with Crippen LogP contribution in [0, 0.1) is 6.92 Å². The maximum Gasteiger partial charge on any atom is 0.337 e. The van der Waals surface area contributed by atoms with Crippen LogP contribution in [-0.4, -0.2) is 69.3 Å². The molecule has 0 aliphatic carbocycles. The van der Waals surface area contributed by atoms with E-state index in [0.717, 1.165) is 79.1 Å². The molecule has 2 saturated heterocycles. The molecule has 0 saturated carbocycles. The summed E-state index contributed by atoms with van der Waals surface area (Å²) in [6, 6.07) is 8.58.